The van der Waals surface area contributed by atoms with Crippen molar-refractivity contribution in [3.8, 4) is 5.75 Å². The van der Waals surface area contributed by atoms with Crippen molar-refractivity contribution < 1.29 is 53.2 Å². The molecule has 1 saturated heterocycles. The molecule has 4 aromatic rings. The monoisotopic (exact) mass is 714 g/mol. The Morgan fingerprint density at radius 1 is 0.765 bits per heavy atom. The van der Waals surface area contributed by atoms with Crippen LogP contribution < -0.4 is 10.1 Å². The number of nitrogens with zero attached hydrogens (tertiary/aromatic N) is 1. The zero-order valence-electron chi connectivity index (χ0n) is 27.3. The Morgan fingerprint density at radius 3 is 1.73 bits per heavy atom. The van der Waals surface area contributed by atoms with Crippen LogP contribution in [0.2, 0.25) is 0 Å². The maximum absolute atomic E-state index is 12.0. The number of thioether (sulfide) groups is 1. The predicted octanol–water partition coefficient (Wildman–Crippen LogP) is 4.77. The van der Waals surface area contributed by atoms with Gasteiger partial charge in [0.2, 0.25) is 18.1 Å². The molecule has 13 nitrogen and oxygen atoms in total. The standard InChI is InChI=1S/C19H20N2O3S.C18H14O8/c1-2-13-3-6-15(20-12-13)9-10-24-16-7-4-14(5-8-16)11-17-18(22)21-19(23)25-17;19-15(20)13(25-17(23)11-7-3-1-4-8-11)14(16(21)22)26-18(24)12-9-5-2-6-10-12/h3-8,12,17H,2,9-11H2,1H3,(H,21,22,23);1-10,13-14H,(H,19,20)(H,21,22)/t17-;/m1./s1. The Hall–Kier alpha value is -6.02. The van der Waals surface area contributed by atoms with Gasteiger partial charge in [0.15, 0.2) is 0 Å². The first-order chi connectivity index (χ1) is 24.5. The van der Waals surface area contributed by atoms with Crippen molar-refractivity contribution in [3.63, 3.8) is 0 Å². The van der Waals surface area contributed by atoms with Crippen LogP contribution in [0, 0.1) is 0 Å². The fourth-order valence-electron chi connectivity index (χ4n) is 4.55. The fourth-order valence-corrected chi connectivity index (χ4v) is 5.41. The molecule has 264 valence electrons. The predicted molar refractivity (Wildman–Crippen MR) is 184 cm³/mol. The summed E-state index contributed by atoms with van der Waals surface area (Å²) in [5, 5.41) is 20.2. The van der Waals surface area contributed by atoms with Gasteiger partial charge in [0, 0.05) is 18.3 Å². The lowest BCUT2D eigenvalue weighted by Crippen LogP contribution is -2.45. The molecule has 3 N–H and O–H groups in total. The zero-order chi connectivity index (χ0) is 36.8. The van der Waals surface area contributed by atoms with Gasteiger partial charge < -0.3 is 24.4 Å². The number of pyridine rings is 1. The number of hydrogen-bond acceptors (Lipinski definition) is 11. The van der Waals surface area contributed by atoms with Crippen molar-refractivity contribution in [2.45, 2.75) is 43.6 Å². The summed E-state index contributed by atoms with van der Waals surface area (Å²) in [6.07, 6.45) is -0.235. The smallest absolute Gasteiger partial charge is 0.349 e. The molecule has 0 saturated carbocycles. The Bertz CT molecular complexity index is 1750. The third-order valence-corrected chi connectivity index (χ3v) is 8.26. The van der Waals surface area contributed by atoms with Crippen molar-refractivity contribution in [2.75, 3.05) is 6.61 Å². The van der Waals surface area contributed by atoms with Gasteiger partial charge in [-0.2, -0.15) is 0 Å². The molecule has 51 heavy (non-hydrogen) atoms. The van der Waals surface area contributed by atoms with Crippen LogP contribution in [0.25, 0.3) is 0 Å². The van der Waals surface area contributed by atoms with Crippen molar-refractivity contribution in [3.05, 3.63) is 131 Å². The van der Waals surface area contributed by atoms with Crippen molar-refractivity contribution in [2.24, 2.45) is 0 Å². The maximum atomic E-state index is 12.0. The van der Waals surface area contributed by atoms with Crippen LogP contribution in [-0.4, -0.2) is 74.3 Å². The molecule has 0 radical (unpaired) electrons. The van der Waals surface area contributed by atoms with E-state index in [1.54, 1.807) is 12.1 Å². The first-order valence-electron chi connectivity index (χ1n) is 15.7. The van der Waals surface area contributed by atoms with E-state index >= 15 is 0 Å². The number of carbonyl (C=O) groups excluding carboxylic acids is 4. The number of aromatic nitrogens is 1. The Kier molecular flexibility index (Phi) is 13.8. The van der Waals surface area contributed by atoms with E-state index in [-0.39, 0.29) is 27.5 Å². The Balaban J connectivity index is 0.000000229. The normalized spacial score (nSPS) is 14.6. The maximum Gasteiger partial charge on any atom is 0.349 e. The molecule has 1 aliphatic rings. The Morgan fingerprint density at radius 2 is 1.29 bits per heavy atom. The SMILES string of the molecule is CCc1ccc(CCOc2ccc(C[C@H]3SC(=O)NC3=O)cc2)nc1.O=C(OC(C(=O)O)C(OC(=O)c1ccccc1)C(=O)O)c1ccccc1. The number of carboxylic acid groups (broad SMARTS) is 2. The van der Waals surface area contributed by atoms with Crippen LogP contribution in [0.15, 0.2) is 103 Å². The summed E-state index contributed by atoms with van der Waals surface area (Å²) in [6.45, 7) is 2.67. The topological polar surface area (TPSA) is 195 Å². The van der Waals surface area contributed by atoms with Crippen LogP contribution >= 0.6 is 11.8 Å². The van der Waals surface area contributed by atoms with Crippen molar-refractivity contribution in [1.29, 1.82) is 0 Å². The lowest BCUT2D eigenvalue weighted by molar-refractivity contribution is -0.166. The number of imide groups is 1. The summed E-state index contributed by atoms with van der Waals surface area (Å²) in [4.78, 5) is 74.0. The van der Waals surface area contributed by atoms with Gasteiger partial charge in [-0.25, -0.2) is 19.2 Å². The van der Waals surface area contributed by atoms with E-state index in [9.17, 15) is 39.0 Å². The molecule has 0 aliphatic carbocycles. The number of benzene rings is 3. The van der Waals surface area contributed by atoms with Gasteiger partial charge in [0.1, 0.15) is 5.75 Å². The number of nitrogens with one attached hydrogen (secondary N) is 1. The summed E-state index contributed by atoms with van der Waals surface area (Å²) in [6, 6.07) is 26.6. The number of carboxylic acids is 2. The number of hydrogen-bond donors (Lipinski definition) is 3. The molecule has 2 heterocycles. The number of aliphatic carboxylic acids is 2. The lowest BCUT2D eigenvalue weighted by Gasteiger charge is -2.21. The number of carbonyl (C=O) groups is 6. The summed E-state index contributed by atoms with van der Waals surface area (Å²) in [5.41, 5.74) is 3.31. The van der Waals surface area contributed by atoms with E-state index in [2.05, 4.69) is 23.3 Å². The molecule has 1 aliphatic heterocycles. The summed E-state index contributed by atoms with van der Waals surface area (Å²) < 4.78 is 15.3. The quantitative estimate of drug-likeness (QED) is 0.151. The minimum Gasteiger partial charge on any atom is -0.493 e. The minimum atomic E-state index is -2.21. The molecule has 0 spiro atoms. The van der Waals surface area contributed by atoms with E-state index in [4.69, 9.17) is 14.2 Å². The van der Waals surface area contributed by atoms with E-state index < -0.39 is 36.1 Å². The number of rotatable bonds is 14. The summed E-state index contributed by atoms with van der Waals surface area (Å²) >= 11 is 1.05. The molecule has 1 fully saturated rings. The molecular formula is C37H34N2O11S. The third-order valence-electron chi connectivity index (χ3n) is 7.28. The average Bonchev–Trinajstić information content (AvgIpc) is 3.46. The molecule has 5 rings (SSSR count). The van der Waals surface area contributed by atoms with Gasteiger partial charge in [-0.15, -0.1) is 0 Å². The molecule has 3 aromatic carbocycles. The number of esters is 2. The van der Waals surface area contributed by atoms with Crippen LogP contribution in [0.1, 0.15) is 44.5 Å². The average molecular weight is 715 g/mol. The van der Waals surface area contributed by atoms with Gasteiger partial charge in [-0.3, -0.25) is 19.9 Å². The number of ether oxygens (including phenoxy) is 3. The minimum absolute atomic E-state index is 0.0253. The van der Waals surface area contributed by atoms with Gasteiger partial charge in [0.25, 0.3) is 5.24 Å². The highest BCUT2D eigenvalue weighted by Crippen LogP contribution is 2.24. The van der Waals surface area contributed by atoms with Gasteiger partial charge in [0.05, 0.1) is 23.0 Å². The number of aryl methyl sites for hydroxylation is 1. The zero-order valence-corrected chi connectivity index (χ0v) is 28.1. The van der Waals surface area contributed by atoms with Crippen LogP contribution in [0.5, 0.6) is 5.75 Å². The van der Waals surface area contributed by atoms with Crippen LogP contribution in [0.3, 0.4) is 0 Å². The van der Waals surface area contributed by atoms with Gasteiger partial charge in [-0.1, -0.05) is 73.3 Å². The molecule has 2 amide bonds. The lowest BCUT2D eigenvalue weighted by atomic mass is 10.1. The first kappa shape index (κ1) is 37.8. The molecule has 3 atom stereocenters. The molecule has 1 aromatic heterocycles. The second-order valence-electron chi connectivity index (χ2n) is 10.9. The highest BCUT2D eigenvalue weighted by Gasteiger charge is 2.41. The molecule has 0 bridgehead atoms. The highest BCUT2D eigenvalue weighted by atomic mass is 32.2. The van der Waals surface area contributed by atoms with Gasteiger partial charge >= 0.3 is 23.9 Å². The summed E-state index contributed by atoms with van der Waals surface area (Å²) in [5.74, 6) is -5.06. The van der Waals surface area contributed by atoms with Crippen LogP contribution in [0.4, 0.5) is 4.79 Å². The van der Waals surface area contributed by atoms with E-state index in [0.717, 1.165) is 41.6 Å². The number of amides is 2. The van der Waals surface area contributed by atoms with E-state index in [1.807, 2.05) is 36.5 Å². The van der Waals surface area contributed by atoms with Gasteiger partial charge in [-0.05, 0) is 66.4 Å². The largest absolute Gasteiger partial charge is 0.493 e. The second kappa shape index (κ2) is 18.7. The third kappa shape index (κ3) is 11.5. The Labute approximate surface area is 297 Å². The van der Waals surface area contributed by atoms with Crippen molar-refractivity contribution in [1.82, 2.24) is 10.3 Å². The summed E-state index contributed by atoms with van der Waals surface area (Å²) in [7, 11) is 0. The molecule has 14 heteroatoms. The highest BCUT2D eigenvalue weighted by molar-refractivity contribution is 8.15. The van der Waals surface area contributed by atoms with Crippen LogP contribution in [-0.2, 0) is 43.1 Å². The second-order valence-corrected chi connectivity index (χ2v) is 12.1. The molecule has 2 unspecified atom stereocenters. The van der Waals surface area contributed by atoms with E-state index in [1.165, 1.54) is 54.1 Å². The van der Waals surface area contributed by atoms with E-state index in [0.29, 0.717) is 13.0 Å². The fraction of sp³-hybridized carbons (Fsp3) is 0.216. The van der Waals surface area contributed by atoms with Crippen molar-refractivity contribution >= 4 is 46.8 Å². The first-order valence-corrected chi connectivity index (χ1v) is 16.6. The molecular weight excluding hydrogens is 680 g/mol.